The molecule has 3 nitrogen and oxygen atoms in total. The molecule has 0 N–H and O–H groups in total. The maximum absolute atomic E-state index is 11.6. The van der Waals surface area contributed by atoms with E-state index in [2.05, 4.69) is 20.8 Å². The van der Waals surface area contributed by atoms with Gasteiger partial charge in [0.05, 0.1) is 19.1 Å². The summed E-state index contributed by atoms with van der Waals surface area (Å²) in [6.45, 7) is 10.1. The Hall–Kier alpha value is -0.570. The molecule has 0 aromatic rings. The summed E-state index contributed by atoms with van der Waals surface area (Å²) in [5.41, 5.74) is 0.0556. The van der Waals surface area contributed by atoms with Gasteiger partial charge in [0.2, 0.25) is 0 Å². The Kier molecular flexibility index (Phi) is 4.14. The van der Waals surface area contributed by atoms with Crippen molar-refractivity contribution in [2.45, 2.75) is 34.1 Å². The Labute approximate surface area is 92.1 Å². The molecular weight excluding hydrogens is 192 g/mol. The van der Waals surface area contributed by atoms with Crippen LogP contribution >= 0.6 is 0 Å². The van der Waals surface area contributed by atoms with Gasteiger partial charge in [0, 0.05) is 12.5 Å². The van der Waals surface area contributed by atoms with E-state index < -0.39 is 0 Å². The van der Waals surface area contributed by atoms with Gasteiger partial charge in [-0.15, -0.1) is 0 Å². The average Bonchev–Trinajstić information content (AvgIpc) is 2.69. The van der Waals surface area contributed by atoms with E-state index in [0.29, 0.717) is 19.1 Å². The SMILES string of the molecule is CCCOCC1C(C(=O)OCC)C1(C)C. The van der Waals surface area contributed by atoms with Crippen LogP contribution in [0.3, 0.4) is 0 Å². The first-order valence-corrected chi connectivity index (χ1v) is 5.80. The van der Waals surface area contributed by atoms with Crippen LogP contribution in [0.25, 0.3) is 0 Å². The van der Waals surface area contributed by atoms with Crippen molar-refractivity contribution in [3.63, 3.8) is 0 Å². The van der Waals surface area contributed by atoms with Gasteiger partial charge in [-0.1, -0.05) is 20.8 Å². The molecule has 1 rings (SSSR count). The minimum absolute atomic E-state index is 0.0364. The molecule has 3 heteroatoms. The highest BCUT2D eigenvalue weighted by Crippen LogP contribution is 2.58. The minimum atomic E-state index is -0.0624. The molecule has 0 amide bonds. The van der Waals surface area contributed by atoms with Gasteiger partial charge in [-0.05, 0) is 18.8 Å². The van der Waals surface area contributed by atoms with Gasteiger partial charge in [0.25, 0.3) is 0 Å². The summed E-state index contributed by atoms with van der Waals surface area (Å²) >= 11 is 0. The van der Waals surface area contributed by atoms with Gasteiger partial charge in [-0.3, -0.25) is 4.79 Å². The monoisotopic (exact) mass is 214 g/mol. The number of carbonyl (C=O) groups excluding carboxylic acids is 1. The Morgan fingerprint density at radius 1 is 1.33 bits per heavy atom. The first-order valence-electron chi connectivity index (χ1n) is 5.80. The van der Waals surface area contributed by atoms with Crippen LogP contribution in [-0.2, 0) is 14.3 Å². The summed E-state index contributed by atoms with van der Waals surface area (Å²) in [6.07, 6.45) is 1.03. The zero-order chi connectivity index (χ0) is 11.5. The molecule has 0 heterocycles. The molecule has 88 valence electrons. The fourth-order valence-electron chi connectivity index (χ4n) is 2.11. The third kappa shape index (κ3) is 2.71. The fraction of sp³-hybridized carbons (Fsp3) is 0.917. The molecule has 0 aromatic heterocycles. The van der Waals surface area contributed by atoms with E-state index in [9.17, 15) is 4.79 Å². The maximum atomic E-state index is 11.6. The van der Waals surface area contributed by atoms with E-state index in [1.165, 1.54) is 0 Å². The number of rotatable bonds is 6. The second-order valence-corrected chi connectivity index (χ2v) is 4.73. The molecule has 0 aromatic carbocycles. The molecular formula is C12H22O3. The summed E-state index contributed by atoms with van der Waals surface area (Å²) in [5, 5.41) is 0. The predicted molar refractivity (Wildman–Crippen MR) is 58.5 cm³/mol. The molecule has 2 atom stereocenters. The van der Waals surface area contributed by atoms with Crippen LogP contribution < -0.4 is 0 Å². The first kappa shape index (κ1) is 12.5. The highest BCUT2D eigenvalue weighted by atomic mass is 16.5. The van der Waals surface area contributed by atoms with Gasteiger partial charge in [-0.25, -0.2) is 0 Å². The van der Waals surface area contributed by atoms with Crippen LogP contribution in [-0.4, -0.2) is 25.8 Å². The molecule has 0 radical (unpaired) electrons. The smallest absolute Gasteiger partial charge is 0.309 e. The summed E-state index contributed by atoms with van der Waals surface area (Å²) in [5.74, 6) is 0.310. The molecule has 1 aliphatic carbocycles. The quantitative estimate of drug-likeness (QED) is 0.502. The minimum Gasteiger partial charge on any atom is -0.466 e. The highest BCUT2D eigenvalue weighted by Gasteiger charge is 2.62. The Morgan fingerprint density at radius 2 is 2.00 bits per heavy atom. The zero-order valence-corrected chi connectivity index (χ0v) is 10.2. The highest BCUT2D eigenvalue weighted by molar-refractivity contribution is 5.77. The Bertz CT molecular complexity index is 223. The van der Waals surface area contributed by atoms with Crippen molar-refractivity contribution in [1.29, 1.82) is 0 Å². The maximum Gasteiger partial charge on any atom is 0.309 e. The molecule has 0 saturated heterocycles. The molecule has 1 saturated carbocycles. The van der Waals surface area contributed by atoms with Crippen LogP contribution in [0.1, 0.15) is 34.1 Å². The van der Waals surface area contributed by atoms with Gasteiger partial charge in [-0.2, -0.15) is 0 Å². The van der Waals surface area contributed by atoms with Crippen LogP contribution in [0.5, 0.6) is 0 Å². The fourth-order valence-corrected chi connectivity index (χ4v) is 2.11. The molecule has 0 spiro atoms. The van der Waals surface area contributed by atoms with Crippen molar-refractivity contribution in [1.82, 2.24) is 0 Å². The lowest BCUT2D eigenvalue weighted by Gasteiger charge is -2.02. The van der Waals surface area contributed by atoms with Crippen LogP contribution in [0.4, 0.5) is 0 Å². The van der Waals surface area contributed by atoms with Crippen LogP contribution in [0, 0.1) is 17.3 Å². The van der Waals surface area contributed by atoms with E-state index in [1.807, 2.05) is 6.92 Å². The van der Waals surface area contributed by atoms with Crippen molar-refractivity contribution in [2.75, 3.05) is 19.8 Å². The van der Waals surface area contributed by atoms with Crippen molar-refractivity contribution in [2.24, 2.45) is 17.3 Å². The van der Waals surface area contributed by atoms with E-state index in [1.54, 1.807) is 0 Å². The van der Waals surface area contributed by atoms with Crippen LogP contribution in [0.2, 0.25) is 0 Å². The van der Waals surface area contributed by atoms with Crippen molar-refractivity contribution in [3.8, 4) is 0 Å². The first-order chi connectivity index (χ1) is 7.05. The summed E-state index contributed by atoms with van der Waals surface area (Å²) in [7, 11) is 0. The lowest BCUT2D eigenvalue weighted by atomic mass is 10.1. The summed E-state index contributed by atoms with van der Waals surface area (Å²) in [6, 6.07) is 0. The predicted octanol–water partition coefficient (Wildman–Crippen LogP) is 2.25. The van der Waals surface area contributed by atoms with Crippen molar-refractivity contribution < 1.29 is 14.3 Å². The largest absolute Gasteiger partial charge is 0.466 e. The van der Waals surface area contributed by atoms with Crippen molar-refractivity contribution >= 4 is 5.97 Å². The molecule has 0 aliphatic heterocycles. The lowest BCUT2D eigenvalue weighted by molar-refractivity contribution is -0.145. The lowest BCUT2D eigenvalue weighted by Crippen LogP contribution is -2.10. The summed E-state index contributed by atoms with van der Waals surface area (Å²) < 4.78 is 10.5. The van der Waals surface area contributed by atoms with E-state index in [-0.39, 0.29) is 17.3 Å². The normalized spacial score (nSPS) is 27.5. The molecule has 2 unspecified atom stereocenters. The Morgan fingerprint density at radius 3 is 2.53 bits per heavy atom. The number of ether oxygens (including phenoxy) is 2. The molecule has 1 aliphatic rings. The van der Waals surface area contributed by atoms with Gasteiger partial charge >= 0.3 is 5.97 Å². The van der Waals surface area contributed by atoms with Gasteiger partial charge in [0.15, 0.2) is 0 Å². The molecule has 1 fully saturated rings. The van der Waals surface area contributed by atoms with Gasteiger partial charge < -0.3 is 9.47 Å². The number of hydrogen-bond acceptors (Lipinski definition) is 3. The van der Waals surface area contributed by atoms with Crippen molar-refractivity contribution in [3.05, 3.63) is 0 Å². The second kappa shape index (κ2) is 4.97. The standard InChI is InChI=1S/C12H22O3/c1-5-7-14-8-9-10(12(9,3)4)11(13)15-6-2/h9-10H,5-8H2,1-4H3. The van der Waals surface area contributed by atoms with E-state index in [4.69, 9.17) is 9.47 Å². The molecule has 0 bridgehead atoms. The number of hydrogen-bond donors (Lipinski definition) is 0. The van der Waals surface area contributed by atoms with E-state index >= 15 is 0 Å². The topological polar surface area (TPSA) is 35.5 Å². The van der Waals surface area contributed by atoms with E-state index in [0.717, 1.165) is 13.0 Å². The zero-order valence-electron chi connectivity index (χ0n) is 10.2. The number of carbonyl (C=O) groups is 1. The average molecular weight is 214 g/mol. The second-order valence-electron chi connectivity index (χ2n) is 4.73. The Balaban J connectivity index is 2.37. The summed E-state index contributed by atoms with van der Waals surface area (Å²) in [4.78, 5) is 11.6. The number of esters is 1. The van der Waals surface area contributed by atoms with Crippen LogP contribution in [0.15, 0.2) is 0 Å². The third-order valence-corrected chi connectivity index (χ3v) is 3.24. The molecule has 15 heavy (non-hydrogen) atoms. The third-order valence-electron chi connectivity index (χ3n) is 3.24. The van der Waals surface area contributed by atoms with Gasteiger partial charge in [0.1, 0.15) is 0 Å².